The Labute approximate surface area is 146 Å². The van der Waals surface area contributed by atoms with Crippen LogP contribution in [0.4, 0.5) is 8.78 Å². The minimum absolute atomic E-state index is 0.0239. The van der Waals surface area contributed by atoms with Crippen molar-refractivity contribution in [3.8, 4) is 0 Å². The minimum Gasteiger partial charge on any atom is -0.344 e. The summed E-state index contributed by atoms with van der Waals surface area (Å²) in [5.74, 6) is -2.07. The first-order valence-corrected chi connectivity index (χ1v) is 9.56. The maximum absolute atomic E-state index is 13.8. The molecule has 0 saturated carbocycles. The van der Waals surface area contributed by atoms with Crippen LogP contribution in [0.25, 0.3) is 0 Å². The quantitative estimate of drug-likeness (QED) is 0.807. The summed E-state index contributed by atoms with van der Waals surface area (Å²) >= 11 is 0. The van der Waals surface area contributed by atoms with Crippen molar-refractivity contribution < 1.29 is 22.0 Å². The average Bonchev–Trinajstić information content (AvgIpc) is 2.61. The number of benzene rings is 1. The van der Waals surface area contributed by atoms with Gasteiger partial charge in [0.1, 0.15) is 16.5 Å². The number of nitrogens with one attached hydrogen (secondary N) is 1. The van der Waals surface area contributed by atoms with Crippen LogP contribution in [0, 0.1) is 17.6 Å². The van der Waals surface area contributed by atoms with Crippen molar-refractivity contribution >= 4 is 15.9 Å². The van der Waals surface area contributed by atoms with E-state index in [0.717, 1.165) is 16.4 Å². The predicted molar refractivity (Wildman–Crippen MR) is 89.4 cm³/mol. The molecular formula is C16H23F2N3O3S. The van der Waals surface area contributed by atoms with Gasteiger partial charge in [-0.05, 0) is 38.1 Å². The first-order valence-electron chi connectivity index (χ1n) is 8.12. The van der Waals surface area contributed by atoms with Crippen LogP contribution < -0.4 is 5.32 Å². The van der Waals surface area contributed by atoms with Gasteiger partial charge in [0.2, 0.25) is 15.9 Å². The van der Waals surface area contributed by atoms with Gasteiger partial charge in [0.15, 0.2) is 0 Å². The number of likely N-dealkylation sites (N-methyl/N-ethyl adjacent to an activating group) is 2. The van der Waals surface area contributed by atoms with E-state index in [2.05, 4.69) is 5.32 Å². The second-order valence-electron chi connectivity index (χ2n) is 6.12. The zero-order valence-corrected chi connectivity index (χ0v) is 15.2. The molecule has 1 aliphatic heterocycles. The van der Waals surface area contributed by atoms with Crippen molar-refractivity contribution in [3.63, 3.8) is 0 Å². The fourth-order valence-corrected chi connectivity index (χ4v) is 4.40. The molecule has 0 atom stereocenters. The van der Waals surface area contributed by atoms with Gasteiger partial charge in [-0.3, -0.25) is 4.79 Å². The molecule has 0 spiro atoms. The second-order valence-corrected chi connectivity index (χ2v) is 8.02. The summed E-state index contributed by atoms with van der Waals surface area (Å²) in [6.07, 6.45) is 0.720. The lowest BCUT2D eigenvalue weighted by Gasteiger charge is -2.32. The van der Waals surface area contributed by atoms with Crippen LogP contribution in [0.1, 0.15) is 12.8 Å². The summed E-state index contributed by atoms with van der Waals surface area (Å²) in [4.78, 5) is 13.3. The van der Waals surface area contributed by atoms with E-state index in [4.69, 9.17) is 0 Å². The van der Waals surface area contributed by atoms with E-state index in [0.29, 0.717) is 32.0 Å². The van der Waals surface area contributed by atoms with Gasteiger partial charge in [0.25, 0.3) is 0 Å². The summed E-state index contributed by atoms with van der Waals surface area (Å²) in [6, 6.07) is 2.36. The minimum atomic E-state index is -4.12. The summed E-state index contributed by atoms with van der Waals surface area (Å²) in [7, 11) is -0.603. The molecule has 9 heteroatoms. The third kappa shape index (κ3) is 4.53. The number of piperidine rings is 1. The van der Waals surface area contributed by atoms with E-state index in [1.807, 2.05) is 0 Å². The van der Waals surface area contributed by atoms with E-state index in [1.165, 1.54) is 0 Å². The fourth-order valence-electron chi connectivity index (χ4n) is 2.86. The second kappa shape index (κ2) is 8.20. The Kier molecular flexibility index (Phi) is 6.47. The van der Waals surface area contributed by atoms with Gasteiger partial charge < -0.3 is 10.2 Å². The molecule has 1 aromatic rings. The van der Waals surface area contributed by atoms with Crippen molar-refractivity contribution in [2.24, 2.45) is 5.92 Å². The van der Waals surface area contributed by atoms with Crippen LogP contribution in [0.3, 0.4) is 0 Å². The largest absolute Gasteiger partial charge is 0.344 e. The first kappa shape index (κ1) is 19.7. The van der Waals surface area contributed by atoms with Crippen LogP contribution in [-0.2, 0) is 14.8 Å². The van der Waals surface area contributed by atoms with E-state index >= 15 is 0 Å². The molecule has 1 aliphatic rings. The van der Waals surface area contributed by atoms with Gasteiger partial charge in [-0.25, -0.2) is 17.2 Å². The lowest BCUT2D eigenvalue weighted by molar-refractivity contribution is -0.135. The molecular weight excluding hydrogens is 352 g/mol. The van der Waals surface area contributed by atoms with Crippen molar-refractivity contribution in [1.82, 2.24) is 14.5 Å². The standard InChI is InChI=1S/C16H23F2N3O3S/c1-19-7-10-20(2)16(22)12-5-8-21(9-6-12)25(23,24)15-11-13(17)3-4-14(15)18/h3-4,11-12,19H,5-10H2,1-2H3. The summed E-state index contributed by atoms with van der Waals surface area (Å²) in [6.45, 7) is 1.46. The number of nitrogens with zero attached hydrogens (tertiary/aromatic N) is 2. The molecule has 1 saturated heterocycles. The third-order valence-electron chi connectivity index (χ3n) is 4.39. The Morgan fingerprint density at radius 3 is 2.56 bits per heavy atom. The van der Waals surface area contributed by atoms with E-state index < -0.39 is 26.6 Å². The molecule has 2 rings (SSSR count). The number of halogens is 2. The highest BCUT2D eigenvalue weighted by Crippen LogP contribution is 2.26. The Hall–Kier alpha value is -1.58. The Morgan fingerprint density at radius 2 is 1.96 bits per heavy atom. The normalized spacial score (nSPS) is 16.8. The van der Waals surface area contributed by atoms with Gasteiger partial charge in [-0.1, -0.05) is 0 Å². The number of carbonyl (C=O) groups is 1. The zero-order chi connectivity index (χ0) is 18.6. The average molecular weight is 375 g/mol. The molecule has 0 aliphatic carbocycles. The van der Waals surface area contributed by atoms with E-state index in [9.17, 15) is 22.0 Å². The summed E-state index contributed by atoms with van der Waals surface area (Å²) < 4.78 is 53.3. The van der Waals surface area contributed by atoms with Crippen LogP contribution in [-0.4, -0.2) is 63.8 Å². The van der Waals surface area contributed by atoms with Crippen LogP contribution >= 0.6 is 0 Å². The topological polar surface area (TPSA) is 69.7 Å². The first-order chi connectivity index (χ1) is 11.8. The van der Waals surface area contributed by atoms with Gasteiger partial charge >= 0.3 is 0 Å². The number of hydrogen-bond acceptors (Lipinski definition) is 4. The molecule has 0 bridgehead atoms. The van der Waals surface area contributed by atoms with Gasteiger partial charge in [0, 0.05) is 39.1 Å². The number of amides is 1. The zero-order valence-electron chi connectivity index (χ0n) is 14.3. The molecule has 1 N–H and O–H groups in total. The predicted octanol–water partition coefficient (Wildman–Crippen LogP) is 1.04. The maximum Gasteiger partial charge on any atom is 0.246 e. The number of rotatable bonds is 6. The third-order valence-corrected chi connectivity index (χ3v) is 6.30. The van der Waals surface area contributed by atoms with Crippen molar-refractivity contribution in [3.05, 3.63) is 29.8 Å². The molecule has 140 valence electrons. The highest BCUT2D eigenvalue weighted by Gasteiger charge is 2.34. The molecule has 6 nitrogen and oxygen atoms in total. The lowest BCUT2D eigenvalue weighted by Crippen LogP contribution is -2.44. The molecule has 0 aromatic heterocycles. The molecule has 0 radical (unpaired) electrons. The number of carbonyl (C=O) groups excluding carboxylic acids is 1. The van der Waals surface area contributed by atoms with E-state index in [-0.39, 0.29) is 24.9 Å². The molecule has 0 unspecified atom stereocenters. The van der Waals surface area contributed by atoms with Gasteiger partial charge in [-0.2, -0.15) is 4.31 Å². The van der Waals surface area contributed by atoms with Gasteiger partial charge in [-0.15, -0.1) is 0 Å². The SMILES string of the molecule is CNCCN(C)C(=O)C1CCN(S(=O)(=O)c2cc(F)ccc2F)CC1. The molecule has 1 heterocycles. The summed E-state index contributed by atoms with van der Waals surface area (Å²) in [5, 5.41) is 2.96. The van der Waals surface area contributed by atoms with Crippen LogP contribution in [0.2, 0.25) is 0 Å². The molecule has 25 heavy (non-hydrogen) atoms. The number of sulfonamides is 1. The highest BCUT2D eigenvalue weighted by molar-refractivity contribution is 7.89. The smallest absolute Gasteiger partial charge is 0.246 e. The summed E-state index contributed by atoms with van der Waals surface area (Å²) in [5.41, 5.74) is 0. The van der Waals surface area contributed by atoms with E-state index in [1.54, 1.807) is 19.0 Å². The highest BCUT2D eigenvalue weighted by atomic mass is 32.2. The van der Waals surface area contributed by atoms with Crippen molar-refractivity contribution in [2.75, 3.05) is 40.3 Å². The maximum atomic E-state index is 13.8. The van der Waals surface area contributed by atoms with Crippen molar-refractivity contribution in [2.45, 2.75) is 17.7 Å². The van der Waals surface area contributed by atoms with Crippen LogP contribution in [0.15, 0.2) is 23.1 Å². The number of hydrogen-bond donors (Lipinski definition) is 1. The Morgan fingerprint density at radius 1 is 1.32 bits per heavy atom. The van der Waals surface area contributed by atoms with Crippen molar-refractivity contribution in [1.29, 1.82) is 0 Å². The Balaban J connectivity index is 2.04. The molecule has 1 fully saturated rings. The molecule has 1 aromatic carbocycles. The molecule has 1 amide bonds. The Bertz CT molecular complexity index is 719. The monoisotopic (exact) mass is 375 g/mol. The fraction of sp³-hybridized carbons (Fsp3) is 0.562. The van der Waals surface area contributed by atoms with Gasteiger partial charge in [0.05, 0.1) is 0 Å². The van der Waals surface area contributed by atoms with Crippen LogP contribution in [0.5, 0.6) is 0 Å². The lowest BCUT2D eigenvalue weighted by atomic mass is 9.97.